The summed E-state index contributed by atoms with van der Waals surface area (Å²) in [6.45, 7) is 3.93. The fraction of sp³-hybridized carbons (Fsp3) is 0.455. The highest BCUT2D eigenvalue weighted by molar-refractivity contribution is 5.55. The summed E-state index contributed by atoms with van der Waals surface area (Å²) in [6.07, 6.45) is 3.31. The summed E-state index contributed by atoms with van der Waals surface area (Å²) < 4.78 is 0. The minimum atomic E-state index is 0.516. The highest BCUT2D eigenvalue weighted by Gasteiger charge is 2.03. The van der Waals surface area contributed by atoms with E-state index in [1.165, 1.54) is 0 Å². The molecule has 1 rings (SSSR count). The Morgan fingerprint density at radius 2 is 2.33 bits per heavy atom. The molecule has 80 valence electrons. The van der Waals surface area contributed by atoms with E-state index < -0.39 is 0 Å². The number of nitrogens with zero attached hydrogens (tertiary/aromatic N) is 2. The van der Waals surface area contributed by atoms with Gasteiger partial charge >= 0.3 is 0 Å². The van der Waals surface area contributed by atoms with Gasteiger partial charge in [-0.2, -0.15) is 5.26 Å². The molecule has 15 heavy (non-hydrogen) atoms. The summed E-state index contributed by atoms with van der Waals surface area (Å²) in [5.41, 5.74) is 1.45. The molecule has 4 nitrogen and oxygen atoms in total. The van der Waals surface area contributed by atoms with Crippen LogP contribution in [0, 0.1) is 17.2 Å². The van der Waals surface area contributed by atoms with Crippen LogP contribution in [0.5, 0.6) is 0 Å². The zero-order valence-electron chi connectivity index (χ0n) is 9.12. The van der Waals surface area contributed by atoms with E-state index >= 15 is 0 Å². The highest BCUT2D eigenvalue weighted by atomic mass is 14.9. The lowest BCUT2D eigenvalue weighted by Crippen LogP contribution is -2.23. The number of hydrogen-bond acceptors (Lipinski definition) is 4. The van der Waals surface area contributed by atoms with E-state index in [9.17, 15) is 0 Å². The number of aromatic nitrogens is 1. The fourth-order valence-electron chi connectivity index (χ4n) is 1.34. The Morgan fingerprint density at radius 3 is 3.00 bits per heavy atom. The Morgan fingerprint density at radius 1 is 1.53 bits per heavy atom. The number of hydrogen-bond donors (Lipinski definition) is 2. The van der Waals surface area contributed by atoms with Crippen molar-refractivity contribution in [3.8, 4) is 6.07 Å². The standard InChI is InChI=1S/C11H16N4/c1-9(6-13-2)7-15-11-8-14-4-3-10(11)5-12/h3-4,8-9,13,15H,6-7H2,1-2H3. The number of nitrogens with one attached hydrogen (secondary N) is 2. The molecule has 1 unspecified atom stereocenters. The predicted octanol–water partition coefficient (Wildman–Crippen LogP) is 1.22. The molecule has 0 aliphatic rings. The number of pyridine rings is 1. The van der Waals surface area contributed by atoms with Crippen LogP contribution in [0.1, 0.15) is 12.5 Å². The van der Waals surface area contributed by atoms with Gasteiger partial charge in [0.05, 0.1) is 17.4 Å². The van der Waals surface area contributed by atoms with Gasteiger partial charge in [0.2, 0.25) is 0 Å². The van der Waals surface area contributed by atoms with Crippen LogP contribution >= 0.6 is 0 Å². The first-order chi connectivity index (χ1) is 7.27. The lowest BCUT2D eigenvalue weighted by molar-refractivity contribution is 0.569. The van der Waals surface area contributed by atoms with Gasteiger partial charge in [-0.3, -0.25) is 4.98 Å². The summed E-state index contributed by atoms with van der Waals surface area (Å²) in [4.78, 5) is 3.99. The molecular formula is C11H16N4. The molecule has 1 heterocycles. The van der Waals surface area contributed by atoms with Gasteiger partial charge < -0.3 is 10.6 Å². The van der Waals surface area contributed by atoms with Crippen molar-refractivity contribution in [3.63, 3.8) is 0 Å². The smallest absolute Gasteiger partial charge is 0.101 e. The summed E-state index contributed by atoms with van der Waals surface area (Å²) >= 11 is 0. The van der Waals surface area contributed by atoms with Crippen LogP contribution in [-0.4, -0.2) is 25.1 Å². The van der Waals surface area contributed by atoms with Gasteiger partial charge in [0.25, 0.3) is 0 Å². The third kappa shape index (κ3) is 3.56. The zero-order valence-corrected chi connectivity index (χ0v) is 9.12. The second kappa shape index (κ2) is 5.99. The quantitative estimate of drug-likeness (QED) is 0.757. The molecule has 4 heteroatoms. The van der Waals surface area contributed by atoms with Crippen molar-refractivity contribution in [2.75, 3.05) is 25.5 Å². The second-order valence-corrected chi connectivity index (χ2v) is 3.58. The van der Waals surface area contributed by atoms with Gasteiger partial charge in [-0.25, -0.2) is 0 Å². The van der Waals surface area contributed by atoms with E-state index in [1.807, 2.05) is 7.05 Å². The van der Waals surface area contributed by atoms with Gasteiger partial charge in [-0.1, -0.05) is 6.92 Å². The molecular weight excluding hydrogens is 188 g/mol. The van der Waals surface area contributed by atoms with Crippen molar-refractivity contribution in [1.29, 1.82) is 5.26 Å². The number of rotatable bonds is 5. The minimum absolute atomic E-state index is 0.516. The first-order valence-corrected chi connectivity index (χ1v) is 5.00. The van der Waals surface area contributed by atoms with E-state index in [0.717, 1.165) is 18.8 Å². The summed E-state index contributed by atoms with van der Waals surface area (Å²) in [5.74, 6) is 0.516. The van der Waals surface area contributed by atoms with Crippen LogP contribution in [0.3, 0.4) is 0 Å². The minimum Gasteiger partial charge on any atom is -0.382 e. The average molecular weight is 204 g/mol. The maximum atomic E-state index is 8.86. The van der Waals surface area contributed by atoms with Crippen molar-refractivity contribution in [3.05, 3.63) is 24.0 Å². The van der Waals surface area contributed by atoms with Crippen LogP contribution in [0.15, 0.2) is 18.5 Å². The molecule has 0 bridgehead atoms. The second-order valence-electron chi connectivity index (χ2n) is 3.58. The average Bonchev–Trinajstić information content (AvgIpc) is 2.27. The summed E-state index contributed by atoms with van der Waals surface area (Å²) in [5, 5.41) is 15.2. The molecule has 0 radical (unpaired) electrons. The third-order valence-electron chi connectivity index (χ3n) is 2.14. The van der Waals surface area contributed by atoms with E-state index in [1.54, 1.807) is 18.5 Å². The number of nitriles is 1. The Labute approximate surface area is 90.3 Å². The first-order valence-electron chi connectivity index (χ1n) is 5.00. The van der Waals surface area contributed by atoms with E-state index in [0.29, 0.717) is 11.5 Å². The Kier molecular flexibility index (Phi) is 4.58. The lowest BCUT2D eigenvalue weighted by atomic mass is 10.1. The van der Waals surface area contributed by atoms with Crippen LogP contribution in [-0.2, 0) is 0 Å². The van der Waals surface area contributed by atoms with E-state index in [-0.39, 0.29) is 0 Å². The first kappa shape index (κ1) is 11.5. The molecule has 1 atom stereocenters. The van der Waals surface area contributed by atoms with Gasteiger partial charge in [-0.05, 0) is 25.6 Å². The Bertz CT molecular complexity index is 343. The van der Waals surface area contributed by atoms with Crippen LogP contribution < -0.4 is 10.6 Å². The van der Waals surface area contributed by atoms with E-state index in [2.05, 4.69) is 28.6 Å². The third-order valence-corrected chi connectivity index (χ3v) is 2.14. The van der Waals surface area contributed by atoms with Gasteiger partial charge in [0, 0.05) is 12.7 Å². The van der Waals surface area contributed by atoms with Crippen molar-refractivity contribution in [2.45, 2.75) is 6.92 Å². The van der Waals surface area contributed by atoms with Gasteiger partial charge in [0.1, 0.15) is 6.07 Å². The van der Waals surface area contributed by atoms with E-state index in [4.69, 9.17) is 5.26 Å². The predicted molar refractivity (Wildman–Crippen MR) is 60.5 cm³/mol. The van der Waals surface area contributed by atoms with Crippen molar-refractivity contribution in [2.24, 2.45) is 5.92 Å². The van der Waals surface area contributed by atoms with Crippen LogP contribution in [0.2, 0.25) is 0 Å². The zero-order chi connectivity index (χ0) is 11.1. The van der Waals surface area contributed by atoms with Crippen LogP contribution in [0.4, 0.5) is 5.69 Å². The molecule has 1 aromatic heterocycles. The lowest BCUT2D eigenvalue weighted by Gasteiger charge is -2.13. The maximum Gasteiger partial charge on any atom is 0.101 e. The molecule has 0 aromatic carbocycles. The normalized spacial score (nSPS) is 11.8. The molecule has 0 amide bonds. The molecule has 1 aromatic rings. The summed E-state index contributed by atoms with van der Waals surface area (Å²) in [6, 6.07) is 3.85. The molecule has 0 spiro atoms. The largest absolute Gasteiger partial charge is 0.382 e. The molecule has 0 saturated heterocycles. The van der Waals surface area contributed by atoms with Gasteiger partial charge in [-0.15, -0.1) is 0 Å². The van der Waals surface area contributed by atoms with Crippen molar-refractivity contribution in [1.82, 2.24) is 10.3 Å². The Hall–Kier alpha value is -1.60. The summed E-state index contributed by atoms with van der Waals surface area (Å²) in [7, 11) is 1.93. The fourth-order valence-corrected chi connectivity index (χ4v) is 1.34. The highest BCUT2D eigenvalue weighted by Crippen LogP contribution is 2.11. The molecule has 0 aliphatic carbocycles. The molecule has 2 N–H and O–H groups in total. The maximum absolute atomic E-state index is 8.86. The van der Waals surface area contributed by atoms with Crippen molar-refractivity contribution < 1.29 is 0 Å². The van der Waals surface area contributed by atoms with Gasteiger partial charge in [0.15, 0.2) is 0 Å². The molecule has 0 aliphatic heterocycles. The number of anilines is 1. The van der Waals surface area contributed by atoms with Crippen molar-refractivity contribution >= 4 is 5.69 Å². The monoisotopic (exact) mass is 204 g/mol. The SMILES string of the molecule is CNCC(C)CNc1cnccc1C#N. The molecule has 0 fully saturated rings. The topological polar surface area (TPSA) is 60.7 Å². The van der Waals surface area contributed by atoms with Crippen LogP contribution in [0.25, 0.3) is 0 Å². The molecule has 0 saturated carbocycles. The Balaban J connectivity index is 2.54.